The van der Waals surface area contributed by atoms with Crippen LogP contribution in [0.3, 0.4) is 0 Å². The molecule has 25 heavy (non-hydrogen) atoms. The molecule has 0 saturated carbocycles. The van der Waals surface area contributed by atoms with Crippen molar-refractivity contribution in [1.82, 2.24) is 4.31 Å². The molecule has 1 aliphatic heterocycles. The molecular formula is C18H25N2O3S2+. The van der Waals surface area contributed by atoms with Gasteiger partial charge in [0.15, 0.2) is 0 Å². The number of rotatable bonds is 6. The lowest BCUT2D eigenvalue weighted by molar-refractivity contribution is -0.903. The van der Waals surface area contributed by atoms with Crippen LogP contribution in [0, 0.1) is 13.8 Å². The van der Waals surface area contributed by atoms with Gasteiger partial charge in [-0.05, 0) is 48.6 Å². The fourth-order valence-electron chi connectivity index (χ4n) is 3.16. The first-order valence-corrected chi connectivity index (χ1v) is 10.9. The first-order chi connectivity index (χ1) is 11.9. The molecule has 7 heteroatoms. The Kier molecular flexibility index (Phi) is 5.78. The molecule has 136 valence electrons. The second-order valence-electron chi connectivity index (χ2n) is 6.51. The van der Waals surface area contributed by atoms with Crippen molar-refractivity contribution < 1.29 is 18.1 Å². The minimum atomic E-state index is -3.31. The molecule has 2 heterocycles. The average molecular weight is 382 g/mol. The summed E-state index contributed by atoms with van der Waals surface area (Å²) in [7, 11) is -3.31. The van der Waals surface area contributed by atoms with Crippen LogP contribution in [0.5, 0.6) is 5.75 Å². The van der Waals surface area contributed by atoms with Crippen LogP contribution in [0.25, 0.3) is 0 Å². The highest BCUT2D eigenvalue weighted by molar-refractivity contribution is 7.91. The lowest BCUT2D eigenvalue weighted by Crippen LogP contribution is -3.15. The van der Waals surface area contributed by atoms with E-state index in [-0.39, 0.29) is 0 Å². The Morgan fingerprint density at radius 1 is 1.16 bits per heavy atom. The predicted octanol–water partition coefficient (Wildman–Crippen LogP) is 1.33. The SMILES string of the molecule is Cc1cc(C)cc(OCC[NH+]2CCN(S(=O)(=O)c3cccs3)CC2)c1. The Labute approximate surface area is 153 Å². The molecule has 2 aromatic rings. The van der Waals surface area contributed by atoms with Crippen LogP contribution >= 0.6 is 11.3 Å². The van der Waals surface area contributed by atoms with Crippen molar-refractivity contribution in [3.63, 3.8) is 0 Å². The molecule has 0 radical (unpaired) electrons. The Morgan fingerprint density at radius 2 is 1.84 bits per heavy atom. The maximum Gasteiger partial charge on any atom is 0.252 e. The minimum absolute atomic E-state index is 0.439. The largest absolute Gasteiger partial charge is 0.488 e. The van der Waals surface area contributed by atoms with Gasteiger partial charge in [-0.2, -0.15) is 4.31 Å². The third-order valence-corrected chi connectivity index (χ3v) is 7.71. The zero-order valence-electron chi connectivity index (χ0n) is 14.7. The molecule has 1 aromatic heterocycles. The lowest BCUT2D eigenvalue weighted by atomic mass is 10.1. The van der Waals surface area contributed by atoms with Gasteiger partial charge in [-0.15, -0.1) is 11.3 Å². The summed E-state index contributed by atoms with van der Waals surface area (Å²) >= 11 is 1.28. The van der Waals surface area contributed by atoms with Gasteiger partial charge in [0.05, 0.1) is 26.2 Å². The van der Waals surface area contributed by atoms with Gasteiger partial charge in [0.1, 0.15) is 23.1 Å². The molecule has 0 unspecified atom stereocenters. The molecule has 1 fully saturated rings. The van der Waals surface area contributed by atoms with E-state index in [1.54, 1.807) is 21.8 Å². The molecule has 3 rings (SSSR count). The average Bonchev–Trinajstić information content (AvgIpc) is 3.10. The second kappa shape index (κ2) is 7.86. The Bertz CT molecular complexity index is 775. The summed E-state index contributed by atoms with van der Waals surface area (Å²) < 4.78 is 33.0. The van der Waals surface area contributed by atoms with Crippen molar-refractivity contribution in [1.29, 1.82) is 0 Å². The van der Waals surface area contributed by atoms with Gasteiger partial charge < -0.3 is 9.64 Å². The highest BCUT2D eigenvalue weighted by Gasteiger charge is 2.30. The number of benzene rings is 1. The summed E-state index contributed by atoms with van der Waals surface area (Å²) in [5.74, 6) is 0.913. The highest BCUT2D eigenvalue weighted by Crippen LogP contribution is 2.20. The number of ether oxygens (including phenoxy) is 1. The second-order valence-corrected chi connectivity index (χ2v) is 9.62. The van der Waals surface area contributed by atoms with Crippen LogP contribution in [0.15, 0.2) is 39.9 Å². The van der Waals surface area contributed by atoms with Crippen LogP contribution < -0.4 is 9.64 Å². The molecule has 5 nitrogen and oxygen atoms in total. The van der Waals surface area contributed by atoms with E-state index in [0.29, 0.717) is 23.9 Å². The maximum absolute atomic E-state index is 12.5. The van der Waals surface area contributed by atoms with E-state index in [9.17, 15) is 8.42 Å². The van der Waals surface area contributed by atoms with Crippen molar-refractivity contribution in [2.24, 2.45) is 0 Å². The topological polar surface area (TPSA) is 51.1 Å². The first-order valence-electron chi connectivity index (χ1n) is 8.53. The van der Waals surface area contributed by atoms with E-state index >= 15 is 0 Å². The van der Waals surface area contributed by atoms with E-state index in [1.807, 2.05) is 12.1 Å². The van der Waals surface area contributed by atoms with Crippen LogP contribution in [0.4, 0.5) is 0 Å². The zero-order valence-corrected chi connectivity index (χ0v) is 16.3. The van der Waals surface area contributed by atoms with E-state index in [1.165, 1.54) is 27.4 Å². The van der Waals surface area contributed by atoms with Gasteiger partial charge >= 0.3 is 0 Å². The lowest BCUT2D eigenvalue weighted by Gasteiger charge is -2.31. The van der Waals surface area contributed by atoms with Gasteiger partial charge in [0, 0.05) is 0 Å². The van der Waals surface area contributed by atoms with Crippen LogP contribution in [-0.2, 0) is 10.0 Å². The number of hydrogen-bond donors (Lipinski definition) is 1. The molecule has 0 spiro atoms. The number of thiophene rings is 1. The van der Waals surface area contributed by atoms with E-state index in [2.05, 4.69) is 19.9 Å². The minimum Gasteiger partial charge on any atom is -0.488 e. The van der Waals surface area contributed by atoms with Crippen molar-refractivity contribution in [3.8, 4) is 5.75 Å². The summed E-state index contributed by atoms with van der Waals surface area (Å²) in [5.41, 5.74) is 2.41. The van der Waals surface area contributed by atoms with Crippen LogP contribution in [-0.4, -0.2) is 52.1 Å². The summed E-state index contributed by atoms with van der Waals surface area (Å²) in [4.78, 5) is 1.39. The quantitative estimate of drug-likeness (QED) is 0.821. The number of aryl methyl sites for hydroxylation is 2. The summed E-state index contributed by atoms with van der Waals surface area (Å²) in [6.45, 7) is 8.45. The predicted molar refractivity (Wildman–Crippen MR) is 100 cm³/mol. The van der Waals surface area contributed by atoms with Gasteiger partial charge in [-0.3, -0.25) is 0 Å². The van der Waals surface area contributed by atoms with E-state index in [4.69, 9.17) is 4.74 Å². The number of hydrogen-bond acceptors (Lipinski definition) is 4. The molecule has 0 bridgehead atoms. The Balaban J connectivity index is 1.47. The monoisotopic (exact) mass is 381 g/mol. The summed E-state index contributed by atoms with van der Waals surface area (Å²) in [5, 5.41) is 1.80. The van der Waals surface area contributed by atoms with Crippen molar-refractivity contribution in [2.75, 3.05) is 39.3 Å². The van der Waals surface area contributed by atoms with Gasteiger partial charge in [0.2, 0.25) is 0 Å². The zero-order chi connectivity index (χ0) is 17.9. The molecule has 1 aliphatic rings. The van der Waals surface area contributed by atoms with Crippen molar-refractivity contribution >= 4 is 21.4 Å². The van der Waals surface area contributed by atoms with Crippen molar-refractivity contribution in [2.45, 2.75) is 18.1 Å². The van der Waals surface area contributed by atoms with E-state index < -0.39 is 10.0 Å². The summed E-state index contributed by atoms with van der Waals surface area (Å²) in [6.07, 6.45) is 0. The Hall–Kier alpha value is -1.41. The molecule has 1 saturated heterocycles. The number of piperazine rings is 1. The standard InChI is InChI=1S/C18H24N2O3S2/c1-15-12-16(2)14-17(13-15)23-10-9-19-5-7-20(8-6-19)25(21,22)18-4-3-11-24-18/h3-4,11-14H,5-10H2,1-2H3/p+1. The van der Waals surface area contributed by atoms with Gasteiger partial charge in [-0.25, -0.2) is 8.42 Å². The third kappa shape index (κ3) is 4.61. The molecule has 1 aromatic carbocycles. The molecule has 0 aliphatic carbocycles. The Morgan fingerprint density at radius 3 is 2.44 bits per heavy atom. The van der Waals surface area contributed by atoms with Crippen LogP contribution in [0.1, 0.15) is 11.1 Å². The smallest absolute Gasteiger partial charge is 0.252 e. The highest BCUT2D eigenvalue weighted by atomic mass is 32.2. The normalized spacial score (nSPS) is 16.9. The van der Waals surface area contributed by atoms with Crippen LogP contribution in [0.2, 0.25) is 0 Å². The van der Waals surface area contributed by atoms with Gasteiger partial charge in [-0.1, -0.05) is 12.1 Å². The number of sulfonamides is 1. The first kappa shape index (κ1) is 18.4. The summed E-state index contributed by atoms with van der Waals surface area (Å²) in [6, 6.07) is 9.69. The molecular weight excluding hydrogens is 356 g/mol. The number of nitrogens with one attached hydrogen (secondary N) is 1. The molecule has 0 atom stereocenters. The molecule has 0 amide bonds. The number of nitrogens with zero attached hydrogens (tertiary/aromatic N) is 1. The fourth-order valence-corrected chi connectivity index (χ4v) is 5.75. The molecule has 1 N–H and O–H groups in total. The van der Waals surface area contributed by atoms with Gasteiger partial charge in [0.25, 0.3) is 10.0 Å². The maximum atomic E-state index is 12.5. The van der Waals surface area contributed by atoms with Crippen molar-refractivity contribution in [3.05, 3.63) is 46.8 Å². The van der Waals surface area contributed by atoms with E-state index in [0.717, 1.165) is 25.4 Å². The third-order valence-electron chi connectivity index (χ3n) is 4.44. The fraction of sp³-hybridized carbons (Fsp3) is 0.444. The number of quaternary nitrogens is 1.